The maximum Gasteiger partial charge on any atom is 0.122 e. The minimum Gasteiger partial charge on any atom is -0.352 e. The molecule has 0 saturated carbocycles. The van der Waals surface area contributed by atoms with Crippen LogP contribution in [-0.2, 0) is 0 Å². The average Bonchev–Trinajstić information content (AvgIpc) is 2.51. The third-order valence-corrected chi connectivity index (χ3v) is 2.22. The first-order valence-electron chi connectivity index (χ1n) is 3.67. The van der Waals surface area contributed by atoms with Gasteiger partial charge in [0.1, 0.15) is 5.84 Å². The van der Waals surface area contributed by atoms with Gasteiger partial charge in [0.05, 0.1) is 6.04 Å². The third kappa shape index (κ3) is 0.732. The minimum atomic E-state index is 0.743. The highest BCUT2D eigenvalue weighted by Crippen LogP contribution is 2.26. The normalized spacial score (nSPS) is 32.8. The maximum atomic E-state index is 4.42. The van der Waals surface area contributed by atoms with Crippen molar-refractivity contribution in [1.82, 2.24) is 4.90 Å². The molecule has 0 unspecified atom stereocenters. The molecule has 1 fully saturated rings. The predicted octanol–water partition coefficient (Wildman–Crippen LogP) is 0.883. The average molecular weight is 124 g/mol. The Morgan fingerprint density at radius 2 is 2.44 bits per heavy atom. The Kier molecular flexibility index (Phi) is 1.01. The summed E-state index contributed by atoms with van der Waals surface area (Å²) in [5.74, 6) is 1.35. The van der Waals surface area contributed by atoms with Gasteiger partial charge >= 0.3 is 0 Å². The molecule has 0 aromatic carbocycles. The van der Waals surface area contributed by atoms with Crippen molar-refractivity contribution in [2.45, 2.75) is 25.3 Å². The van der Waals surface area contributed by atoms with Gasteiger partial charge in [-0.3, -0.25) is 4.99 Å². The van der Waals surface area contributed by atoms with Crippen LogP contribution in [-0.4, -0.2) is 30.4 Å². The minimum absolute atomic E-state index is 0.743. The van der Waals surface area contributed by atoms with E-state index in [2.05, 4.69) is 16.9 Å². The molecule has 0 aliphatic carbocycles. The molecule has 0 amide bonds. The summed E-state index contributed by atoms with van der Waals surface area (Å²) < 4.78 is 0. The van der Waals surface area contributed by atoms with Crippen LogP contribution in [0.4, 0.5) is 0 Å². The van der Waals surface area contributed by atoms with E-state index in [0.29, 0.717) is 0 Å². The first-order valence-corrected chi connectivity index (χ1v) is 3.67. The molecule has 2 heterocycles. The standard InChI is InChI=1S/C7H12N2/c1-9-6-4-2-3-5-8-7(6)9/h6H,2-5H2,1H3/t6-,9?/m1/s1. The SMILES string of the molecule is CN1C2=NCCCC[C@H]21. The van der Waals surface area contributed by atoms with Gasteiger partial charge in [0.15, 0.2) is 0 Å². The molecule has 0 aromatic heterocycles. The molecule has 2 aliphatic rings. The zero-order valence-electron chi connectivity index (χ0n) is 5.80. The van der Waals surface area contributed by atoms with Crippen LogP contribution in [0.1, 0.15) is 19.3 Å². The number of likely N-dealkylation sites (N-methyl/N-ethyl adjacent to an activating group) is 1. The number of rotatable bonds is 0. The molecule has 1 atom stereocenters. The fraction of sp³-hybridized carbons (Fsp3) is 0.857. The zero-order valence-corrected chi connectivity index (χ0v) is 5.80. The highest BCUT2D eigenvalue weighted by atomic mass is 15.4. The van der Waals surface area contributed by atoms with Crippen molar-refractivity contribution in [2.24, 2.45) is 4.99 Å². The van der Waals surface area contributed by atoms with E-state index in [9.17, 15) is 0 Å². The van der Waals surface area contributed by atoms with Gasteiger partial charge in [0.2, 0.25) is 0 Å². The van der Waals surface area contributed by atoms with Crippen molar-refractivity contribution in [3.63, 3.8) is 0 Å². The second-order valence-electron chi connectivity index (χ2n) is 2.86. The van der Waals surface area contributed by atoms with E-state index in [-0.39, 0.29) is 0 Å². The van der Waals surface area contributed by atoms with E-state index in [1.165, 1.54) is 25.1 Å². The molecule has 2 heteroatoms. The highest BCUT2D eigenvalue weighted by molar-refractivity contribution is 6.01. The van der Waals surface area contributed by atoms with Crippen LogP contribution in [0.3, 0.4) is 0 Å². The summed E-state index contributed by atoms with van der Waals surface area (Å²) in [6.07, 6.45) is 4.01. The fourth-order valence-electron chi connectivity index (χ4n) is 1.51. The lowest BCUT2D eigenvalue weighted by Gasteiger charge is -1.94. The van der Waals surface area contributed by atoms with Crippen LogP contribution in [0, 0.1) is 0 Å². The van der Waals surface area contributed by atoms with Crippen molar-refractivity contribution in [1.29, 1.82) is 0 Å². The van der Waals surface area contributed by atoms with E-state index in [0.717, 1.165) is 12.6 Å². The summed E-state index contributed by atoms with van der Waals surface area (Å²) in [7, 11) is 2.13. The summed E-state index contributed by atoms with van der Waals surface area (Å²) in [5.41, 5.74) is 0. The van der Waals surface area contributed by atoms with Crippen molar-refractivity contribution in [3.05, 3.63) is 0 Å². The molecule has 0 bridgehead atoms. The Balaban J connectivity index is 2.09. The van der Waals surface area contributed by atoms with E-state index in [1.54, 1.807) is 0 Å². The largest absolute Gasteiger partial charge is 0.352 e. The predicted molar refractivity (Wildman–Crippen MR) is 37.7 cm³/mol. The van der Waals surface area contributed by atoms with Gasteiger partial charge in [0, 0.05) is 13.6 Å². The van der Waals surface area contributed by atoms with Crippen LogP contribution >= 0.6 is 0 Å². The maximum absolute atomic E-state index is 4.42. The zero-order chi connectivity index (χ0) is 6.27. The van der Waals surface area contributed by atoms with Gasteiger partial charge in [-0.15, -0.1) is 0 Å². The number of fused-ring (bicyclic) bond motifs is 1. The third-order valence-electron chi connectivity index (χ3n) is 2.22. The number of hydrogen-bond acceptors (Lipinski definition) is 2. The van der Waals surface area contributed by atoms with Gasteiger partial charge in [-0.25, -0.2) is 0 Å². The molecule has 0 spiro atoms. The van der Waals surface area contributed by atoms with Crippen molar-refractivity contribution >= 4 is 5.84 Å². The number of nitrogens with zero attached hydrogens (tertiary/aromatic N) is 2. The van der Waals surface area contributed by atoms with Crippen LogP contribution in [0.2, 0.25) is 0 Å². The summed E-state index contributed by atoms with van der Waals surface area (Å²) in [6.45, 7) is 1.07. The van der Waals surface area contributed by atoms with Gasteiger partial charge in [-0.1, -0.05) is 0 Å². The Bertz CT molecular complexity index is 151. The fourth-order valence-corrected chi connectivity index (χ4v) is 1.51. The summed E-state index contributed by atoms with van der Waals surface area (Å²) in [5, 5.41) is 0. The van der Waals surface area contributed by atoms with Crippen LogP contribution < -0.4 is 0 Å². The van der Waals surface area contributed by atoms with Crippen LogP contribution in [0.5, 0.6) is 0 Å². The van der Waals surface area contributed by atoms with Crippen molar-refractivity contribution in [2.75, 3.05) is 13.6 Å². The molecule has 9 heavy (non-hydrogen) atoms. The molecule has 1 saturated heterocycles. The monoisotopic (exact) mass is 124 g/mol. The summed E-state index contributed by atoms with van der Waals surface area (Å²) in [6, 6.07) is 0.743. The van der Waals surface area contributed by atoms with Crippen molar-refractivity contribution < 1.29 is 0 Å². The van der Waals surface area contributed by atoms with Gasteiger partial charge in [-0.05, 0) is 19.3 Å². The number of amidine groups is 1. The molecule has 2 nitrogen and oxygen atoms in total. The number of aliphatic imine (C=N–C) groups is 1. The molecule has 0 radical (unpaired) electrons. The lowest BCUT2D eigenvalue weighted by atomic mass is 10.2. The molecule has 2 rings (SSSR count). The summed E-state index contributed by atoms with van der Waals surface area (Å²) >= 11 is 0. The van der Waals surface area contributed by atoms with E-state index in [4.69, 9.17) is 0 Å². The molecular weight excluding hydrogens is 112 g/mol. The van der Waals surface area contributed by atoms with Crippen molar-refractivity contribution in [3.8, 4) is 0 Å². The molecular formula is C7H12N2. The smallest absolute Gasteiger partial charge is 0.122 e. The second kappa shape index (κ2) is 1.72. The summed E-state index contributed by atoms with van der Waals surface area (Å²) in [4.78, 5) is 6.70. The van der Waals surface area contributed by atoms with E-state index < -0.39 is 0 Å². The van der Waals surface area contributed by atoms with Crippen LogP contribution in [0.15, 0.2) is 4.99 Å². The second-order valence-corrected chi connectivity index (χ2v) is 2.86. The molecule has 50 valence electrons. The Morgan fingerprint density at radius 3 is 3.33 bits per heavy atom. The Labute approximate surface area is 55.6 Å². The van der Waals surface area contributed by atoms with Gasteiger partial charge < -0.3 is 4.90 Å². The first kappa shape index (κ1) is 5.27. The Hall–Kier alpha value is -0.530. The molecule has 0 N–H and O–H groups in total. The van der Waals surface area contributed by atoms with Gasteiger partial charge in [-0.2, -0.15) is 0 Å². The lowest BCUT2D eigenvalue weighted by Crippen LogP contribution is -1.94. The number of hydrogen-bond donors (Lipinski definition) is 0. The van der Waals surface area contributed by atoms with Crippen LogP contribution in [0.25, 0.3) is 0 Å². The quantitative estimate of drug-likeness (QED) is 0.438. The first-order chi connectivity index (χ1) is 4.39. The van der Waals surface area contributed by atoms with E-state index >= 15 is 0 Å². The molecule has 0 aromatic rings. The van der Waals surface area contributed by atoms with Gasteiger partial charge in [0.25, 0.3) is 0 Å². The highest BCUT2D eigenvalue weighted by Gasteiger charge is 2.38. The van der Waals surface area contributed by atoms with E-state index in [1.807, 2.05) is 0 Å². The lowest BCUT2D eigenvalue weighted by molar-refractivity contribution is 0.563. The topological polar surface area (TPSA) is 15.4 Å². The Morgan fingerprint density at radius 1 is 1.56 bits per heavy atom. The molecule has 2 aliphatic heterocycles.